The lowest BCUT2D eigenvalue weighted by atomic mass is 10.2. The first-order valence-electron chi connectivity index (χ1n) is 9.75. The largest absolute Gasteiger partial charge is 0.496 e. The number of para-hydroxylation sites is 1. The number of benzene rings is 2. The molecule has 7 heteroatoms. The molecule has 0 saturated heterocycles. The third kappa shape index (κ3) is 5.13. The Balaban J connectivity index is 1.55. The van der Waals surface area contributed by atoms with Crippen LogP contribution in [-0.2, 0) is 11.2 Å². The highest BCUT2D eigenvalue weighted by atomic mass is 16.5. The first-order chi connectivity index (χ1) is 14.1. The highest BCUT2D eigenvalue weighted by molar-refractivity contribution is 5.90. The maximum atomic E-state index is 12.3. The molecule has 0 unspecified atom stereocenters. The number of nitrogens with one attached hydrogen (secondary N) is 1. The summed E-state index contributed by atoms with van der Waals surface area (Å²) in [5.41, 5.74) is 2.64. The second-order valence-corrected chi connectivity index (χ2v) is 6.47. The molecular formula is C22H26N4O3. The Hall–Kier alpha value is -3.35. The first-order valence-corrected chi connectivity index (χ1v) is 9.75. The molecule has 0 aliphatic rings. The van der Waals surface area contributed by atoms with Crippen LogP contribution < -0.4 is 15.0 Å². The van der Waals surface area contributed by atoms with Gasteiger partial charge in [0.05, 0.1) is 12.7 Å². The van der Waals surface area contributed by atoms with Crippen LogP contribution in [-0.4, -0.2) is 36.3 Å². The Labute approximate surface area is 170 Å². The van der Waals surface area contributed by atoms with Crippen LogP contribution in [0.25, 0.3) is 11.5 Å². The predicted octanol–water partition coefficient (Wildman–Crippen LogP) is 4.16. The number of anilines is 2. The van der Waals surface area contributed by atoms with Crippen LogP contribution in [0.4, 0.5) is 11.4 Å². The lowest BCUT2D eigenvalue weighted by Crippen LogP contribution is -2.21. The van der Waals surface area contributed by atoms with Crippen molar-refractivity contribution in [3.8, 4) is 17.2 Å². The predicted molar refractivity (Wildman–Crippen MR) is 113 cm³/mol. The van der Waals surface area contributed by atoms with Crippen LogP contribution in [0.1, 0.15) is 26.2 Å². The van der Waals surface area contributed by atoms with E-state index in [2.05, 4.69) is 34.3 Å². The molecule has 1 N–H and O–H groups in total. The second kappa shape index (κ2) is 9.73. The zero-order chi connectivity index (χ0) is 20.6. The maximum Gasteiger partial charge on any atom is 0.251 e. The summed E-state index contributed by atoms with van der Waals surface area (Å²) in [6.07, 6.45) is 0.622. The fourth-order valence-electron chi connectivity index (χ4n) is 3.07. The summed E-state index contributed by atoms with van der Waals surface area (Å²) in [6, 6.07) is 15.3. The molecule has 3 rings (SSSR count). The van der Waals surface area contributed by atoms with Crippen molar-refractivity contribution < 1.29 is 13.9 Å². The van der Waals surface area contributed by atoms with Crippen molar-refractivity contribution in [1.29, 1.82) is 0 Å². The summed E-state index contributed by atoms with van der Waals surface area (Å²) in [7, 11) is 1.59. The minimum Gasteiger partial charge on any atom is -0.496 e. The van der Waals surface area contributed by atoms with Crippen molar-refractivity contribution in [2.24, 2.45) is 0 Å². The summed E-state index contributed by atoms with van der Waals surface area (Å²) in [5.74, 6) is 1.36. The lowest BCUT2D eigenvalue weighted by Gasteiger charge is -2.21. The van der Waals surface area contributed by atoms with Gasteiger partial charge < -0.3 is 19.4 Å². The Morgan fingerprint density at radius 1 is 1.07 bits per heavy atom. The molecule has 0 saturated carbocycles. The van der Waals surface area contributed by atoms with E-state index < -0.39 is 0 Å². The Morgan fingerprint density at radius 3 is 2.48 bits per heavy atom. The van der Waals surface area contributed by atoms with Gasteiger partial charge in [-0.1, -0.05) is 12.1 Å². The number of rotatable bonds is 9. The van der Waals surface area contributed by atoms with Crippen LogP contribution in [0.2, 0.25) is 0 Å². The topological polar surface area (TPSA) is 80.5 Å². The molecular weight excluding hydrogens is 368 g/mol. The van der Waals surface area contributed by atoms with Gasteiger partial charge in [0, 0.05) is 37.3 Å². The van der Waals surface area contributed by atoms with Crippen molar-refractivity contribution in [3.05, 3.63) is 54.4 Å². The summed E-state index contributed by atoms with van der Waals surface area (Å²) < 4.78 is 11.0. The number of carbonyl (C=O) groups excluding carboxylic acids is 1. The Kier molecular flexibility index (Phi) is 6.84. The average Bonchev–Trinajstić information content (AvgIpc) is 3.23. The van der Waals surface area contributed by atoms with E-state index in [4.69, 9.17) is 9.15 Å². The van der Waals surface area contributed by atoms with E-state index in [1.54, 1.807) is 7.11 Å². The number of amides is 1. The lowest BCUT2D eigenvalue weighted by molar-refractivity contribution is -0.116. The highest BCUT2D eigenvalue weighted by Gasteiger charge is 2.14. The van der Waals surface area contributed by atoms with E-state index in [0.29, 0.717) is 24.0 Å². The van der Waals surface area contributed by atoms with Gasteiger partial charge in [-0.05, 0) is 50.2 Å². The molecule has 0 spiro atoms. The fourth-order valence-corrected chi connectivity index (χ4v) is 3.07. The molecule has 0 aliphatic carbocycles. The molecule has 2 aromatic carbocycles. The number of hydrogen-bond donors (Lipinski definition) is 1. The van der Waals surface area contributed by atoms with Gasteiger partial charge in [0.15, 0.2) is 0 Å². The number of carbonyl (C=O) groups is 1. The van der Waals surface area contributed by atoms with Crippen LogP contribution in [0.5, 0.6) is 5.75 Å². The Morgan fingerprint density at radius 2 is 1.79 bits per heavy atom. The standard InChI is InChI=1S/C22H26N4O3/c1-4-26(5-2)17-12-10-16(11-13-17)23-20(27)14-15-21-24-25-22(29-21)18-8-6-7-9-19(18)28-3/h6-13H,4-5,14-15H2,1-3H3,(H,23,27). The molecule has 152 valence electrons. The van der Waals surface area contributed by atoms with Gasteiger partial charge in [0.1, 0.15) is 5.75 Å². The molecule has 1 aromatic heterocycles. The average molecular weight is 394 g/mol. The SMILES string of the molecule is CCN(CC)c1ccc(NC(=O)CCc2nnc(-c3ccccc3OC)o2)cc1. The normalized spacial score (nSPS) is 10.6. The van der Waals surface area contributed by atoms with E-state index in [1.165, 1.54) is 0 Å². The third-order valence-corrected chi connectivity index (χ3v) is 4.65. The van der Waals surface area contributed by atoms with Gasteiger partial charge in [-0.15, -0.1) is 10.2 Å². The van der Waals surface area contributed by atoms with Gasteiger partial charge in [0.2, 0.25) is 11.8 Å². The number of hydrogen-bond acceptors (Lipinski definition) is 6. The molecule has 0 aliphatic heterocycles. The van der Waals surface area contributed by atoms with Crippen LogP contribution in [0.3, 0.4) is 0 Å². The Bertz CT molecular complexity index is 933. The number of aromatic nitrogens is 2. The number of aryl methyl sites for hydroxylation is 1. The molecule has 0 radical (unpaired) electrons. The monoisotopic (exact) mass is 394 g/mol. The number of nitrogens with zero attached hydrogens (tertiary/aromatic N) is 3. The van der Waals surface area contributed by atoms with Crippen molar-refractivity contribution in [3.63, 3.8) is 0 Å². The summed E-state index contributed by atoms with van der Waals surface area (Å²) in [5, 5.41) is 11.0. The quantitative estimate of drug-likeness (QED) is 0.587. The van der Waals surface area contributed by atoms with Gasteiger partial charge in [0.25, 0.3) is 5.89 Å². The van der Waals surface area contributed by atoms with E-state index in [1.807, 2.05) is 48.5 Å². The van der Waals surface area contributed by atoms with E-state index in [9.17, 15) is 4.79 Å². The first kappa shape index (κ1) is 20.4. The van der Waals surface area contributed by atoms with E-state index in [0.717, 1.165) is 30.0 Å². The van der Waals surface area contributed by atoms with Gasteiger partial charge in [-0.2, -0.15) is 0 Å². The van der Waals surface area contributed by atoms with Crippen LogP contribution in [0.15, 0.2) is 52.9 Å². The van der Waals surface area contributed by atoms with Crippen molar-refractivity contribution in [2.45, 2.75) is 26.7 Å². The third-order valence-electron chi connectivity index (χ3n) is 4.65. The zero-order valence-electron chi connectivity index (χ0n) is 17.0. The summed E-state index contributed by atoms with van der Waals surface area (Å²) in [4.78, 5) is 14.5. The number of ether oxygens (including phenoxy) is 1. The molecule has 3 aromatic rings. The molecule has 0 fully saturated rings. The molecule has 1 heterocycles. The minimum atomic E-state index is -0.0994. The molecule has 0 atom stereocenters. The maximum absolute atomic E-state index is 12.3. The van der Waals surface area contributed by atoms with E-state index >= 15 is 0 Å². The van der Waals surface area contributed by atoms with Gasteiger partial charge >= 0.3 is 0 Å². The van der Waals surface area contributed by atoms with Crippen LogP contribution >= 0.6 is 0 Å². The molecule has 0 bridgehead atoms. The zero-order valence-corrected chi connectivity index (χ0v) is 17.0. The van der Waals surface area contributed by atoms with Crippen molar-refractivity contribution in [2.75, 3.05) is 30.4 Å². The van der Waals surface area contributed by atoms with Crippen LogP contribution in [0, 0.1) is 0 Å². The number of methoxy groups -OCH3 is 1. The smallest absolute Gasteiger partial charge is 0.251 e. The summed E-state index contributed by atoms with van der Waals surface area (Å²) >= 11 is 0. The molecule has 1 amide bonds. The summed E-state index contributed by atoms with van der Waals surface area (Å²) in [6.45, 7) is 6.14. The fraction of sp³-hybridized carbons (Fsp3) is 0.318. The van der Waals surface area contributed by atoms with Crippen molar-refractivity contribution >= 4 is 17.3 Å². The molecule has 7 nitrogen and oxygen atoms in total. The highest BCUT2D eigenvalue weighted by Crippen LogP contribution is 2.28. The molecule has 29 heavy (non-hydrogen) atoms. The van der Waals surface area contributed by atoms with Crippen molar-refractivity contribution in [1.82, 2.24) is 10.2 Å². The second-order valence-electron chi connectivity index (χ2n) is 6.47. The minimum absolute atomic E-state index is 0.0994. The van der Waals surface area contributed by atoms with Gasteiger partial charge in [-0.3, -0.25) is 4.79 Å². The van der Waals surface area contributed by atoms with Gasteiger partial charge in [-0.25, -0.2) is 0 Å². The van der Waals surface area contributed by atoms with E-state index in [-0.39, 0.29) is 12.3 Å².